The van der Waals surface area contributed by atoms with Gasteiger partial charge in [0.15, 0.2) is 5.43 Å². The number of pyridine rings is 1. The Morgan fingerprint density at radius 3 is 2.50 bits per heavy atom. The van der Waals surface area contributed by atoms with E-state index in [0.717, 1.165) is 6.07 Å². The van der Waals surface area contributed by atoms with Crippen LogP contribution in [0.2, 0.25) is 0 Å². The van der Waals surface area contributed by atoms with E-state index in [2.05, 4.69) is 36.8 Å². The van der Waals surface area contributed by atoms with Gasteiger partial charge in [0.1, 0.15) is 0 Å². The Morgan fingerprint density at radius 2 is 1.88 bits per heavy atom. The van der Waals surface area contributed by atoms with Gasteiger partial charge in [-0.25, -0.2) is 8.78 Å². The molecule has 6 heteroatoms. The zero-order valence-corrected chi connectivity index (χ0v) is 10.9. The molecule has 0 spiro atoms. The molecule has 1 aromatic heterocycles. The Morgan fingerprint density at radius 1 is 1.19 bits per heavy atom. The predicted molar refractivity (Wildman–Crippen MR) is 64.9 cm³/mol. The molecule has 0 radical (unpaired) electrons. The molecule has 1 heterocycles. The second kappa shape index (κ2) is 4.25. The molecule has 0 saturated carbocycles. The third kappa shape index (κ3) is 2.04. The molecule has 1 aromatic carbocycles. The highest BCUT2D eigenvalue weighted by atomic mass is 79.9. The molecule has 0 saturated heterocycles. The molecule has 16 heavy (non-hydrogen) atoms. The summed E-state index contributed by atoms with van der Waals surface area (Å²) in [7, 11) is 0. The van der Waals surface area contributed by atoms with Gasteiger partial charge in [-0.05, 0) is 28.1 Å². The van der Waals surface area contributed by atoms with Crippen molar-refractivity contribution in [2.75, 3.05) is 0 Å². The van der Waals surface area contributed by atoms with Crippen molar-refractivity contribution in [1.29, 1.82) is 0 Å². The van der Waals surface area contributed by atoms with Crippen LogP contribution >= 0.6 is 31.9 Å². The van der Waals surface area contributed by atoms with Crippen molar-refractivity contribution in [2.24, 2.45) is 0 Å². The first kappa shape index (κ1) is 11.7. The minimum atomic E-state index is -2.69. The lowest BCUT2D eigenvalue weighted by Gasteiger charge is -2.05. The smallest absolute Gasteiger partial charge is 0.278 e. The maximum Gasteiger partial charge on any atom is 0.278 e. The molecule has 2 nitrogen and oxygen atoms in total. The van der Waals surface area contributed by atoms with Crippen molar-refractivity contribution in [1.82, 2.24) is 4.98 Å². The van der Waals surface area contributed by atoms with Gasteiger partial charge in [0.25, 0.3) is 6.43 Å². The molecule has 0 aliphatic heterocycles. The summed E-state index contributed by atoms with van der Waals surface area (Å²) in [5.74, 6) is 0. The average molecular weight is 353 g/mol. The van der Waals surface area contributed by atoms with Gasteiger partial charge in [0.2, 0.25) is 0 Å². The molecule has 0 aliphatic carbocycles. The molecule has 0 bridgehead atoms. The van der Waals surface area contributed by atoms with E-state index in [4.69, 9.17) is 0 Å². The van der Waals surface area contributed by atoms with E-state index in [9.17, 15) is 13.6 Å². The fraction of sp³-hybridized carbons (Fsp3) is 0.100. The number of fused-ring (bicyclic) bond motifs is 1. The van der Waals surface area contributed by atoms with Crippen LogP contribution in [0.15, 0.2) is 31.9 Å². The van der Waals surface area contributed by atoms with Crippen molar-refractivity contribution in [2.45, 2.75) is 6.43 Å². The Labute approximate surface area is 106 Å². The number of benzene rings is 1. The van der Waals surface area contributed by atoms with E-state index in [1.54, 1.807) is 12.1 Å². The Bertz CT molecular complexity index is 610. The first-order chi connectivity index (χ1) is 7.49. The van der Waals surface area contributed by atoms with Crippen LogP contribution in [0.4, 0.5) is 8.78 Å². The van der Waals surface area contributed by atoms with Crippen LogP contribution < -0.4 is 5.43 Å². The standard InChI is InChI=1S/C10H5Br2F2NO/c11-4-1-5-8(16)3-7(10(13)14)15-9(5)6(12)2-4/h1-3,10H,(H,15,16). The van der Waals surface area contributed by atoms with Crippen molar-refractivity contribution in [3.05, 3.63) is 43.1 Å². The summed E-state index contributed by atoms with van der Waals surface area (Å²) in [5.41, 5.74) is -0.419. The molecular weight excluding hydrogens is 348 g/mol. The maximum atomic E-state index is 12.5. The summed E-state index contributed by atoms with van der Waals surface area (Å²) in [6.07, 6.45) is -2.69. The minimum Gasteiger partial charge on any atom is -0.353 e. The van der Waals surface area contributed by atoms with Crippen LogP contribution in [-0.2, 0) is 0 Å². The van der Waals surface area contributed by atoms with Crippen LogP contribution in [0.1, 0.15) is 12.1 Å². The monoisotopic (exact) mass is 351 g/mol. The summed E-state index contributed by atoms with van der Waals surface area (Å²) in [6.45, 7) is 0. The lowest BCUT2D eigenvalue weighted by atomic mass is 10.2. The molecule has 0 unspecified atom stereocenters. The Hall–Kier alpha value is -0.750. The highest BCUT2D eigenvalue weighted by molar-refractivity contribution is 9.11. The largest absolute Gasteiger partial charge is 0.353 e. The topological polar surface area (TPSA) is 32.9 Å². The van der Waals surface area contributed by atoms with E-state index in [1.807, 2.05) is 0 Å². The molecule has 84 valence electrons. The van der Waals surface area contributed by atoms with E-state index in [0.29, 0.717) is 19.8 Å². The summed E-state index contributed by atoms with van der Waals surface area (Å²) < 4.78 is 26.3. The number of H-pyrrole nitrogens is 1. The van der Waals surface area contributed by atoms with Crippen LogP contribution in [0.5, 0.6) is 0 Å². The zero-order chi connectivity index (χ0) is 11.9. The normalized spacial score (nSPS) is 11.3. The lowest BCUT2D eigenvalue weighted by Crippen LogP contribution is -2.05. The predicted octanol–water partition coefficient (Wildman–Crippen LogP) is 3.99. The van der Waals surface area contributed by atoms with E-state index >= 15 is 0 Å². The molecule has 0 fully saturated rings. The summed E-state index contributed by atoms with van der Waals surface area (Å²) in [6, 6.07) is 4.20. The average Bonchev–Trinajstić information content (AvgIpc) is 2.19. The highest BCUT2D eigenvalue weighted by Crippen LogP contribution is 2.27. The van der Waals surface area contributed by atoms with Gasteiger partial charge in [-0.1, -0.05) is 15.9 Å². The molecule has 0 atom stereocenters. The first-order valence-electron chi connectivity index (χ1n) is 4.29. The van der Waals surface area contributed by atoms with Crippen LogP contribution in [-0.4, -0.2) is 4.98 Å². The summed E-state index contributed by atoms with van der Waals surface area (Å²) >= 11 is 6.45. The Kier molecular flexibility index (Phi) is 3.12. The van der Waals surface area contributed by atoms with Crippen molar-refractivity contribution in [3.8, 4) is 0 Å². The van der Waals surface area contributed by atoms with Crippen molar-refractivity contribution in [3.63, 3.8) is 0 Å². The van der Waals surface area contributed by atoms with E-state index in [-0.39, 0.29) is 5.69 Å². The number of alkyl halides is 2. The number of hydrogen-bond donors (Lipinski definition) is 1. The molecule has 0 aliphatic rings. The van der Waals surface area contributed by atoms with Gasteiger partial charge in [0, 0.05) is 20.4 Å². The second-order valence-corrected chi connectivity index (χ2v) is 4.97. The fourth-order valence-electron chi connectivity index (χ4n) is 1.41. The van der Waals surface area contributed by atoms with Crippen LogP contribution in [0, 0.1) is 0 Å². The van der Waals surface area contributed by atoms with Gasteiger partial charge in [-0.3, -0.25) is 4.79 Å². The fourth-order valence-corrected chi connectivity index (χ4v) is 2.74. The molecule has 2 aromatic rings. The third-order valence-electron chi connectivity index (χ3n) is 2.11. The van der Waals surface area contributed by atoms with Gasteiger partial charge in [-0.2, -0.15) is 0 Å². The number of hydrogen-bond acceptors (Lipinski definition) is 1. The molecule has 2 rings (SSSR count). The van der Waals surface area contributed by atoms with Crippen LogP contribution in [0.3, 0.4) is 0 Å². The summed E-state index contributed by atoms with van der Waals surface area (Å²) in [4.78, 5) is 14.2. The van der Waals surface area contributed by atoms with Crippen molar-refractivity contribution >= 4 is 42.8 Å². The quantitative estimate of drug-likeness (QED) is 0.827. The summed E-state index contributed by atoms with van der Waals surface area (Å²) in [5, 5.41) is 0.366. The van der Waals surface area contributed by atoms with E-state index in [1.165, 1.54) is 0 Å². The van der Waals surface area contributed by atoms with Gasteiger partial charge >= 0.3 is 0 Å². The first-order valence-corrected chi connectivity index (χ1v) is 5.88. The highest BCUT2D eigenvalue weighted by Gasteiger charge is 2.12. The number of halogens is 4. The van der Waals surface area contributed by atoms with E-state index < -0.39 is 11.9 Å². The molecule has 1 N–H and O–H groups in total. The zero-order valence-electron chi connectivity index (χ0n) is 7.73. The van der Waals surface area contributed by atoms with Crippen LogP contribution in [0.25, 0.3) is 10.9 Å². The Balaban J connectivity index is 2.87. The molecular formula is C10H5Br2F2NO. The lowest BCUT2D eigenvalue weighted by molar-refractivity contribution is 0.146. The maximum absolute atomic E-state index is 12.5. The van der Waals surface area contributed by atoms with Gasteiger partial charge < -0.3 is 4.98 Å². The number of aromatic amines is 1. The van der Waals surface area contributed by atoms with Gasteiger partial charge in [-0.15, -0.1) is 0 Å². The number of rotatable bonds is 1. The minimum absolute atomic E-state index is 0.366. The van der Waals surface area contributed by atoms with Gasteiger partial charge in [0.05, 0.1) is 11.2 Å². The number of nitrogens with one attached hydrogen (secondary N) is 1. The third-order valence-corrected chi connectivity index (χ3v) is 3.19. The van der Waals surface area contributed by atoms with Crippen molar-refractivity contribution < 1.29 is 8.78 Å². The molecule has 0 amide bonds. The SMILES string of the molecule is O=c1cc(C(F)F)[nH]c2c(Br)cc(Br)cc12. The number of aromatic nitrogens is 1. The second-order valence-electron chi connectivity index (χ2n) is 3.20.